The van der Waals surface area contributed by atoms with Crippen molar-refractivity contribution in [1.29, 1.82) is 0 Å². The van der Waals surface area contributed by atoms with E-state index in [1.54, 1.807) is 26.4 Å². The normalized spacial score (nSPS) is 16.5. The Hall–Kier alpha value is -3.59. The molecule has 0 saturated carbocycles. The van der Waals surface area contributed by atoms with Crippen molar-refractivity contribution in [2.24, 2.45) is 5.16 Å². The van der Waals surface area contributed by atoms with Crippen LogP contribution < -0.4 is 10.5 Å². The second-order valence-corrected chi connectivity index (χ2v) is 7.75. The lowest BCUT2D eigenvalue weighted by atomic mass is 9.79. The van der Waals surface area contributed by atoms with Crippen LogP contribution >= 0.6 is 0 Å². The Morgan fingerprint density at radius 1 is 1.09 bits per heavy atom. The molecule has 0 spiro atoms. The summed E-state index contributed by atoms with van der Waals surface area (Å²) in [6.07, 6.45) is 1.17. The standard InChI is InChI=1S/C24H26FN5O3/c1-14-23-20(29-24(26)27-14)11-15(12-21(23)30-33-10-9-31-2)17-8-7-16(25)13-18(17)19-5-4-6-22(28-19)32-3/h4-8,13,15H,9-12H2,1-3H3,(H2,26,27,29)/b30-21+/t15-/m1/s1. The molecule has 0 unspecified atom stereocenters. The number of anilines is 1. The minimum atomic E-state index is -0.339. The second-order valence-electron chi connectivity index (χ2n) is 7.75. The van der Waals surface area contributed by atoms with Crippen molar-refractivity contribution in [3.63, 3.8) is 0 Å². The first kappa shape index (κ1) is 22.6. The molecule has 1 aromatic carbocycles. The van der Waals surface area contributed by atoms with Crippen molar-refractivity contribution in [3.05, 3.63) is 64.7 Å². The van der Waals surface area contributed by atoms with E-state index < -0.39 is 0 Å². The average Bonchev–Trinajstić information content (AvgIpc) is 2.81. The zero-order valence-corrected chi connectivity index (χ0v) is 18.8. The molecule has 2 N–H and O–H groups in total. The van der Waals surface area contributed by atoms with E-state index in [-0.39, 0.29) is 17.7 Å². The molecule has 1 atom stereocenters. The van der Waals surface area contributed by atoms with E-state index in [4.69, 9.17) is 20.0 Å². The topological polar surface area (TPSA) is 105 Å². The molecular weight excluding hydrogens is 425 g/mol. The van der Waals surface area contributed by atoms with Crippen LogP contribution in [0.25, 0.3) is 11.3 Å². The molecule has 172 valence electrons. The van der Waals surface area contributed by atoms with Crippen LogP contribution in [-0.4, -0.2) is 48.1 Å². The van der Waals surface area contributed by atoms with Crippen molar-refractivity contribution in [3.8, 4) is 17.1 Å². The van der Waals surface area contributed by atoms with Gasteiger partial charge in [-0.15, -0.1) is 0 Å². The second kappa shape index (κ2) is 9.91. The van der Waals surface area contributed by atoms with E-state index in [1.165, 1.54) is 12.1 Å². The maximum atomic E-state index is 14.3. The summed E-state index contributed by atoms with van der Waals surface area (Å²) in [5.74, 6) is 0.287. The van der Waals surface area contributed by atoms with Gasteiger partial charge in [-0.1, -0.05) is 17.3 Å². The van der Waals surface area contributed by atoms with Crippen molar-refractivity contribution >= 4 is 11.7 Å². The highest BCUT2D eigenvalue weighted by molar-refractivity contribution is 6.03. The fraction of sp³-hybridized carbons (Fsp3) is 0.333. The van der Waals surface area contributed by atoms with E-state index in [1.807, 2.05) is 19.1 Å². The number of oxime groups is 1. The smallest absolute Gasteiger partial charge is 0.220 e. The van der Waals surface area contributed by atoms with Gasteiger partial charge < -0.3 is 20.0 Å². The van der Waals surface area contributed by atoms with Crippen LogP contribution in [0.3, 0.4) is 0 Å². The molecule has 2 aromatic heterocycles. The van der Waals surface area contributed by atoms with Crippen molar-refractivity contribution in [2.45, 2.75) is 25.7 Å². The van der Waals surface area contributed by atoms with Crippen LogP contribution in [0.1, 0.15) is 34.9 Å². The lowest BCUT2D eigenvalue weighted by Crippen LogP contribution is -2.24. The number of rotatable bonds is 7. The highest BCUT2D eigenvalue weighted by Gasteiger charge is 2.31. The Morgan fingerprint density at radius 3 is 2.73 bits per heavy atom. The largest absolute Gasteiger partial charge is 0.481 e. The molecule has 1 aliphatic rings. The number of methoxy groups -OCH3 is 2. The van der Waals surface area contributed by atoms with Gasteiger partial charge in [0.25, 0.3) is 0 Å². The third-order valence-electron chi connectivity index (χ3n) is 5.57. The minimum absolute atomic E-state index is 0.0421. The van der Waals surface area contributed by atoms with E-state index in [9.17, 15) is 4.39 Å². The molecule has 4 rings (SSSR count). The summed E-state index contributed by atoms with van der Waals surface area (Å²) in [5, 5.41) is 4.38. The van der Waals surface area contributed by atoms with Crippen LogP contribution in [0, 0.1) is 12.7 Å². The van der Waals surface area contributed by atoms with Gasteiger partial charge in [0.2, 0.25) is 11.8 Å². The van der Waals surface area contributed by atoms with Gasteiger partial charge in [-0.05, 0) is 43.0 Å². The van der Waals surface area contributed by atoms with Gasteiger partial charge in [-0.3, -0.25) is 0 Å². The van der Waals surface area contributed by atoms with Gasteiger partial charge in [0.15, 0.2) is 0 Å². The molecule has 8 nitrogen and oxygen atoms in total. The molecule has 0 aliphatic heterocycles. The Kier molecular flexibility index (Phi) is 6.79. The van der Waals surface area contributed by atoms with E-state index in [0.717, 1.165) is 28.2 Å². The summed E-state index contributed by atoms with van der Waals surface area (Å²) in [6.45, 7) is 2.63. The van der Waals surface area contributed by atoms with Crippen LogP contribution in [0.15, 0.2) is 41.6 Å². The van der Waals surface area contributed by atoms with Gasteiger partial charge in [0.05, 0.1) is 36.5 Å². The Labute approximate surface area is 191 Å². The number of pyridine rings is 1. The molecule has 9 heteroatoms. The molecule has 2 heterocycles. The molecule has 33 heavy (non-hydrogen) atoms. The number of hydrogen-bond donors (Lipinski definition) is 1. The summed E-state index contributed by atoms with van der Waals surface area (Å²) in [4.78, 5) is 18.8. The summed E-state index contributed by atoms with van der Waals surface area (Å²) >= 11 is 0. The van der Waals surface area contributed by atoms with Crippen LogP contribution in [0.2, 0.25) is 0 Å². The maximum absolute atomic E-state index is 14.3. The molecule has 0 bridgehead atoms. The number of nitrogens with two attached hydrogens (primary N) is 1. The molecule has 0 fully saturated rings. The molecule has 0 radical (unpaired) electrons. The van der Waals surface area contributed by atoms with Crippen molar-refractivity contribution in [1.82, 2.24) is 15.0 Å². The summed E-state index contributed by atoms with van der Waals surface area (Å²) in [5.41, 5.74) is 11.3. The summed E-state index contributed by atoms with van der Waals surface area (Å²) in [7, 11) is 3.15. The predicted octanol–water partition coefficient (Wildman–Crippen LogP) is 3.67. The fourth-order valence-electron chi connectivity index (χ4n) is 4.15. The number of hydrogen-bond acceptors (Lipinski definition) is 8. The first-order chi connectivity index (χ1) is 16.0. The molecule has 0 amide bonds. The number of nitrogens with zero attached hydrogens (tertiary/aromatic N) is 4. The fourth-order valence-corrected chi connectivity index (χ4v) is 4.15. The lowest BCUT2D eigenvalue weighted by molar-refractivity contribution is 0.0747. The van der Waals surface area contributed by atoms with Gasteiger partial charge in [0.1, 0.15) is 12.4 Å². The zero-order valence-electron chi connectivity index (χ0n) is 18.8. The monoisotopic (exact) mass is 451 g/mol. The van der Waals surface area contributed by atoms with Crippen molar-refractivity contribution in [2.75, 3.05) is 33.2 Å². The van der Waals surface area contributed by atoms with Gasteiger partial charge >= 0.3 is 0 Å². The number of ether oxygens (including phenoxy) is 2. The number of aryl methyl sites for hydroxylation is 1. The number of aromatic nitrogens is 3. The highest BCUT2D eigenvalue weighted by atomic mass is 19.1. The van der Waals surface area contributed by atoms with Gasteiger partial charge in [-0.25, -0.2) is 19.3 Å². The molecule has 3 aromatic rings. The summed E-state index contributed by atoms with van der Waals surface area (Å²) < 4.78 is 24.6. The van der Waals surface area contributed by atoms with Gasteiger partial charge in [-0.2, -0.15) is 0 Å². The summed E-state index contributed by atoms with van der Waals surface area (Å²) in [6, 6.07) is 10.2. The number of nitrogen functional groups attached to an aromatic ring is 1. The first-order valence-corrected chi connectivity index (χ1v) is 10.6. The average molecular weight is 452 g/mol. The minimum Gasteiger partial charge on any atom is -0.481 e. The van der Waals surface area contributed by atoms with E-state index in [0.29, 0.717) is 43.2 Å². The SMILES string of the molecule is COCCO/N=C1\C[C@H](c2ccc(F)cc2-c2cccc(OC)n2)Cc2nc(N)nc(C)c21. The van der Waals surface area contributed by atoms with Crippen LogP contribution in [0.5, 0.6) is 5.88 Å². The van der Waals surface area contributed by atoms with Crippen LogP contribution in [-0.2, 0) is 16.0 Å². The Balaban J connectivity index is 1.78. The first-order valence-electron chi connectivity index (χ1n) is 10.6. The Bertz CT molecular complexity index is 1180. The molecule has 0 saturated heterocycles. The lowest BCUT2D eigenvalue weighted by Gasteiger charge is -2.27. The number of halogens is 1. The molecule has 1 aliphatic carbocycles. The quantitative estimate of drug-likeness (QED) is 0.432. The van der Waals surface area contributed by atoms with Gasteiger partial charge in [0, 0.05) is 30.7 Å². The zero-order chi connectivity index (χ0) is 23.4. The number of fused-ring (bicyclic) bond motifs is 1. The number of benzene rings is 1. The van der Waals surface area contributed by atoms with Crippen LogP contribution in [0.4, 0.5) is 10.3 Å². The highest BCUT2D eigenvalue weighted by Crippen LogP contribution is 2.38. The molecular formula is C24H26FN5O3. The van der Waals surface area contributed by atoms with E-state index >= 15 is 0 Å². The predicted molar refractivity (Wildman–Crippen MR) is 123 cm³/mol. The van der Waals surface area contributed by atoms with Crippen molar-refractivity contribution < 1.29 is 18.7 Å². The maximum Gasteiger partial charge on any atom is 0.220 e. The van der Waals surface area contributed by atoms with E-state index in [2.05, 4.69) is 20.1 Å². The third-order valence-corrected chi connectivity index (χ3v) is 5.57. The third kappa shape index (κ3) is 4.93. The Morgan fingerprint density at radius 2 is 1.94 bits per heavy atom.